The average Bonchev–Trinajstić information content (AvgIpc) is 2.71. The summed E-state index contributed by atoms with van der Waals surface area (Å²) in [6.07, 6.45) is 5.73. The van der Waals surface area contributed by atoms with E-state index in [2.05, 4.69) is 4.72 Å². The summed E-state index contributed by atoms with van der Waals surface area (Å²) in [6, 6.07) is 17.4. The third kappa shape index (κ3) is 7.03. The van der Waals surface area contributed by atoms with Gasteiger partial charge in [-0.15, -0.1) is 0 Å². The molecule has 0 aliphatic carbocycles. The lowest BCUT2D eigenvalue weighted by atomic mass is 10.1. The maximum Gasteiger partial charge on any atom is 0.246 e. The average molecular weight is 415 g/mol. The molecule has 0 bridgehead atoms. The number of ether oxygens (including phenoxy) is 1. The van der Waals surface area contributed by atoms with Gasteiger partial charge in [0, 0.05) is 25.2 Å². The maximum atomic E-state index is 12.4. The lowest BCUT2D eigenvalue weighted by Gasteiger charge is -2.31. The Bertz CT molecular complexity index is 950. The molecule has 1 amide bonds. The highest BCUT2D eigenvalue weighted by atomic mass is 32.2. The van der Waals surface area contributed by atoms with E-state index in [1.165, 1.54) is 0 Å². The quantitative estimate of drug-likeness (QED) is 0.707. The van der Waals surface area contributed by atoms with Gasteiger partial charge in [0.15, 0.2) is 0 Å². The number of likely N-dealkylation sites (tertiary alicyclic amines) is 1. The monoisotopic (exact) mass is 414 g/mol. The van der Waals surface area contributed by atoms with Crippen molar-refractivity contribution in [2.75, 3.05) is 19.3 Å². The SMILES string of the molecule is CS(=O)(=O)NC1CCN(C(=O)C=Cc2cccc(OCc3ccccc3)c2)CC1. The van der Waals surface area contributed by atoms with Crippen molar-refractivity contribution in [2.24, 2.45) is 0 Å². The molecule has 1 fully saturated rings. The molecule has 0 aromatic heterocycles. The van der Waals surface area contributed by atoms with Crippen LogP contribution in [0.25, 0.3) is 6.08 Å². The largest absolute Gasteiger partial charge is 0.489 e. The summed E-state index contributed by atoms with van der Waals surface area (Å²) in [5.74, 6) is 0.675. The molecule has 0 radical (unpaired) electrons. The van der Waals surface area contributed by atoms with Crippen LogP contribution in [0, 0.1) is 0 Å². The molecule has 7 heteroatoms. The number of carbonyl (C=O) groups excluding carboxylic acids is 1. The van der Waals surface area contributed by atoms with Crippen molar-refractivity contribution in [2.45, 2.75) is 25.5 Å². The molecule has 0 saturated carbocycles. The van der Waals surface area contributed by atoms with E-state index in [0.717, 1.165) is 23.1 Å². The van der Waals surface area contributed by atoms with Crippen LogP contribution in [-0.4, -0.2) is 44.6 Å². The van der Waals surface area contributed by atoms with E-state index in [-0.39, 0.29) is 11.9 Å². The molecule has 1 saturated heterocycles. The number of hydrogen-bond acceptors (Lipinski definition) is 4. The van der Waals surface area contributed by atoms with Crippen molar-refractivity contribution in [3.05, 3.63) is 71.8 Å². The van der Waals surface area contributed by atoms with Crippen LogP contribution in [-0.2, 0) is 21.4 Å². The first-order chi connectivity index (χ1) is 13.9. The third-order valence-electron chi connectivity index (χ3n) is 4.71. The van der Waals surface area contributed by atoms with E-state index in [4.69, 9.17) is 4.74 Å². The molecule has 29 heavy (non-hydrogen) atoms. The van der Waals surface area contributed by atoms with Gasteiger partial charge in [-0.05, 0) is 42.2 Å². The van der Waals surface area contributed by atoms with Crippen molar-refractivity contribution >= 4 is 22.0 Å². The summed E-state index contributed by atoms with van der Waals surface area (Å²) in [7, 11) is -3.21. The summed E-state index contributed by atoms with van der Waals surface area (Å²) in [6.45, 7) is 1.57. The van der Waals surface area contributed by atoms with Crippen molar-refractivity contribution in [3.8, 4) is 5.75 Å². The Labute approximate surface area is 172 Å². The summed E-state index contributed by atoms with van der Waals surface area (Å²) in [4.78, 5) is 14.2. The Morgan fingerprint density at radius 3 is 2.55 bits per heavy atom. The van der Waals surface area contributed by atoms with Crippen LogP contribution in [0.2, 0.25) is 0 Å². The van der Waals surface area contributed by atoms with Crippen LogP contribution in [0.3, 0.4) is 0 Å². The van der Waals surface area contributed by atoms with Gasteiger partial charge in [-0.25, -0.2) is 13.1 Å². The third-order valence-corrected chi connectivity index (χ3v) is 5.47. The summed E-state index contributed by atoms with van der Waals surface area (Å²) in [5, 5.41) is 0. The van der Waals surface area contributed by atoms with Gasteiger partial charge in [-0.1, -0.05) is 42.5 Å². The van der Waals surface area contributed by atoms with Gasteiger partial charge in [0.1, 0.15) is 12.4 Å². The summed E-state index contributed by atoms with van der Waals surface area (Å²) >= 11 is 0. The number of amides is 1. The Hall–Kier alpha value is -2.64. The molecule has 1 heterocycles. The van der Waals surface area contributed by atoms with Gasteiger partial charge in [-0.2, -0.15) is 0 Å². The summed E-state index contributed by atoms with van der Waals surface area (Å²) < 4.78 is 31.1. The zero-order chi connectivity index (χ0) is 20.7. The van der Waals surface area contributed by atoms with E-state index < -0.39 is 10.0 Å². The first kappa shape index (κ1) is 21.1. The summed E-state index contributed by atoms with van der Waals surface area (Å²) in [5.41, 5.74) is 1.98. The Balaban J connectivity index is 1.51. The van der Waals surface area contributed by atoms with Crippen molar-refractivity contribution < 1.29 is 17.9 Å². The molecule has 2 aromatic carbocycles. The van der Waals surface area contributed by atoms with E-state index in [1.807, 2.05) is 54.6 Å². The van der Waals surface area contributed by atoms with Crippen molar-refractivity contribution in [3.63, 3.8) is 0 Å². The van der Waals surface area contributed by atoms with E-state index >= 15 is 0 Å². The van der Waals surface area contributed by atoms with Crippen molar-refractivity contribution in [1.82, 2.24) is 9.62 Å². The Morgan fingerprint density at radius 1 is 1.14 bits per heavy atom. The van der Waals surface area contributed by atoms with Crippen LogP contribution in [0.5, 0.6) is 5.75 Å². The van der Waals surface area contributed by atoms with Crippen molar-refractivity contribution in [1.29, 1.82) is 0 Å². The highest BCUT2D eigenvalue weighted by Gasteiger charge is 2.23. The molecule has 154 valence electrons. The molecule has 1 aliphatic rings. The van der Waals surface area contributed by atoms with Gasteiger partial charge in [-0.3, -0.25) is 4.79 Å². The number of carbonyl (C=O) groups is 1. The van der Waals surface area contributed by atoms with Gasteiger partial charge >= 0.3 is 0 Å². The van der Waals surface area contributed by atoms with Crippen LogP contribution in [0.1, 0.15) is 24.0 Å². The van der Waals surface area contributed by atoms with E-state index in [1.54, 1.807) is 17.1 Å². The Kier molecular flexibility index (Phi) is 7.06. The second-order valence-corrected chi connectivity index (χ2v) is 8.95. The number of hydrogen-bond donors (Lipinski definition) is 1. The first-order valence-corrected chi connectivity index (χ1v) is 11.5. The predicted octanol–water partition coefficient (Wildman–Crippen LogP) is 2.82. The van der Waals surface area contributed by atoms with Gasteiger partial charge in [0.05, 0.1) is 6.26 Å². The second-order valence-electron chi connectivity index (χ2n) is 7.17. The predicted molar refractivity (Wildman–Crippen MR) is 114 cm³/mol. The van der Waals surface area contributed by atoms with Gasteiger partial charge in [0.2, 0.25) is 15.9 Å². The van der Waals surface area contributed by atoms with Crippen LogP contribution in [0.15, 0.2) is 60.7 Å². The molecular formula is C22H26N2O4S. The van der Waals surface area contributed by atoms with Gasteiger partial charge in [0.25, 0.3) is 0 Å². The molecule has 0 spiro atoms. The van der Waals surface area contributed by atoms with Crippen LogP contribution in [0.4, 0.5) is 0 Å². The smallest absolute Gasteiger partial charge is 0.246 e. The van der Waals surface area contributed by atoms with E-state index in [9.17, 15) is 13.2 Å². The van der Waals surface area contributed by atoms with Crippen LogP contribution >= 0.6 is 0 Å². The second kappa shape index (κ2) is 9.71. The topological polar surface area (TPSA) is 75.7 Å². The molecule has 1 N–H and O–H groups in total. The number of nitrogens with one attached hydrogen (secondary N) is 1. The fourth-order valence-corrected chi connectivity index (χ4v) is 4.08. The standard InChI is InChI=1S/C22H26N2O4S/c1-29(26,27)23-20-12-14-24(15-13-20)22(25)11-10-18-8-5-9-21(16-18)28-17-19-6-3-2-4-7-19/h2-11,16,20,23H,12-15,17H2,1H3. The number of rotatable bonds is 7. The minimum atomic E-state index is -3.21. The lowest BCUT2D eigenvalue weighted by molar-refractivity contribution is -0.126. The molecule has 3 rings (SSSR count). The fraction of sp³-hybridized carbons (Fsp3) is 0.318. The highest BCUT2D eigenvalue weighted by Crippen LogP contribution is 2.17. The zero-order valence-corrected chi connectivity index (χ0v) is 17.3. The molecule has 6 nitrogen and oxygen atoms in total. The highest BCUT2D eigenvalue weighted by molar-refractivity contribution is 7.88. The number of benzene rings is 2. The fourth-order valence-electron chi connectivity index (χ4n) is 3.24. The number of nitrogens with zero attached hydrogens (tertiary/aromatic N) is 1. The minimum absolute atomic E-state index is 0.0709. The molecule has 2 aromatic rings. The van der Waals surface area contributed by atoms with Crippen LogP contribution < -0.4 is 9.46 Å². The lowest BCUT2D eigenvalue weighted by Crippen LogP contribution is -2.45. The molecule has 1 aliphatic heterocycles. The van der Waals surface area contributed by atoms with Gasteiger partial charge < -0.3 is 9.64 Å². The minimum Gasteiger partial charge on any atom is -0.489 e. The number of sulfonamides is 1. The maximum absolute atomic E-state index is 12.4. The molecule has 0 unspecified atom stereocenters. The molecule has 0 atom stereocenters. The first-order valence-electron chi connectivity index (χ1n) is 9.60. The Morgan fingerprint density at radius 2 is 1.86 bits per heavy atom. The normalized spacial score (nSPS) is 15.6. The van der Waals surface area contributed by atoms with E-state index in [0.29, 0.717) is 32.5 Å². The zero-order valence-electron chi connectivity index (χ0n) is 16.5. The molecular weight excluding hydrogens is 388 g/mol. The number of piperidine rings is 1.